The van der Waals surface area contributed by atoms with E-state index in [0.29, 0.717) is 0 Å². The van der Waals surface area contributed by atoms with E-state index in [4.69, 9.17) is 4.98 Å². The van der Waals surface area contributed by atoms with Crippen molar-refractivity contribution in [1.29, 1.82) is 0 Å². The van der Waals surface area contributed by atoms with Gasteiger partial charge in [-0.15, -0.1) is 11.3 Å². The second kappa shape index (κ2) is 7.89. The Bertz CT molecular complexity index is 1120. The minimum atomic E-state index is -0.219. The number of nitrogens with zero attached hydrogens (tertiary/aromatic N) is 4. The minimum absolute atomic E-state index is 0.219. The molecule has 0 unspecified atom stereocenters. The summed E-state index contributed by atoms with van der Waals surface area (Å²) < 4.78 is 15.8. The molecule has 0 atom stereocenters. The average Bonchev–Trinajstić information content (AvgIpc) is 3.35. The molecule has 0 N–H and O–H groups in total. The van der Waals surface area contributed by atoms with Crippen LogP contribution in [-0.4, -0.2) is 26.0 Å². The highest BCUT2D eigenvalue weighted by Gasteiger charge is 2.22. The second-order valence-corrected chi connectivity index (χ2v) is 8.44. The van der Waals surface area contributed by atoms with Crippen LogP contribution in [0.3, 0.4) is 0 Å². The van der Waals surface area contributed by atoms with Gasteiger partial charge in [-0.2, -0.15) is 0 Å². The van der Waals surface area contributed by atoms with E-state index in [1.807, 2.05) is 24.7 Å². The zero-order valence-electron chi connectivity index (χ0n) is 16.0. The molecule has 3 heterocycles. The van der Waals surface area contributed by atoms with Crippen LogP contribution in [0.5, 0.6) is 0 Å². The molecule has 0 bridgehead atoms. The van der Waals surface area contributed by atoms with Crippen LogP contribution in [0.15, 0.2) is 67.1 Å². The summed E-state index contributed by atoms with van der Waals surface area (Å²) in [6.45, 7) is 3.54. The Morgan fingerprint density at radius 2 is 1.93 bits per heavy atom. The highest BCUT2D eigenvalue weighted by Crippen LogP contribution is 2.32. The summed E-state index contributed by atoms with van der Waals surface area (Å²) in [6.07, 6.45) is 4.80. The molecule has 5 rings (SSSR count). The fourth-order valence-electron chi connectivity index (χ4n) is 3.76. The van der Waals surface area contributed by atoms with Crippen molar-refractivity contribution < 1.29 is 4.39 Å². The molecule has 29 heavy (non-hydrogen) atoms. The lowest BCUT2D eigenvalue weighted by molar-refractivity contribution is 0.241. The summed E-state index contributed by atoms with van der Waals surface area (Å²) in [7, 11) is 0. The van der Waals surface area contributed by atoms with Gasteiger partial charge in [0.15, 0.2) is 0 Å². The van der Waals surface area contributed by atoms with E-state index >= 15 is 0 Å². The third-order valence-electron chi connectivity index (χ3n) is 5.26. The van der Waals surface area contributed by atoms with E-state index in [1.165, 1.54) is 22.2 Å². The van der Waals surface area contributed by atoms with Crippen molar-refractivity contribution in [1.82, 2.24) is 19.4 Å². The van der Waals surface area contributed by atoms with Crippen molar-refractivity contribution in [2.75, 3.05) is 6.54 Å². The third kappa shape index (κ3) is 3.99. The lowest BCUT2D eigenvalue weighted by atomic mass is 10.1. The fraction of sp³-hybridized carbons (Fsp3) is 0.217. The Morgan fingerprint density at radius 1 is 1.03 bits per heavy atom. The van der Waals surface area contributed by atoms with Gasteiger partial charge < -0.3 is 4.57 Å². The molecule has 0 saturated heterocycles. The largest absolute Gasteiger partial charge is 0.329 e. The predicted octanol–water partition coefficient (Wildman–Crippen LogP) is 4.75. The summed E-state index contributed by atoms with van der Waals surface area (Å²) in [5.41, 5.74) is 4.50. The van der Waals surface area contributed by atoms with Crippen molar-refractivity contribution in [3.8, 4) is 10.6 Å². The molecule has 2 aromatic heterocycles. The number of halogens is 1. The highest BCUT2D eigenvalue weighted by molar-refractivity contribution is 7.15. The third-order valence-corrected chi connectivity index (χ3v) is 6.39. The van der Waals surface area contributed by atoms with Crippen molar-refractivity contribution in [2.45, 2.75) is 26.1 Å². The van der Waals surface area contributed by atoms with Gasteiger partial charge in [0, 0.05) is 49.2 Å². The number of imidazole rings is 1. The highest BCUT2D eigenvalue weighted by atomic mass is 32.1. The summed E-state index contributed by atoms with van der Waals surface area (Å²) in [4.78, 5) is 12.9. The number of hydrogen-bond donors (Lipinski definition) is 0. The number of fused-ring (bicyclic) bond motifs is 1. The van der Waals surface area contributed by atoms with Gasteiger partial charge in [0.2, 0.25) is 0 Å². The Labute approximate surface area is 173 Å². The number of aromatic nitrogens is 3. The van der Waals surface area contributed by atoms with Gasteiger partial charge in [-0.05, 0) is 17.7 Å². The topological polar surface area (TPSA) is 34.0 Å². The van der Waals surface area contributed by atoms with Gasteiger partial charge in [0.05, 0.1) is 17.7 Å². The quantitative estimate of drug-likeness (QED) is 0.481. The Balaban J connectivity index is 1.30. The molecular weight excluding hydrogens is 383 g/mol. The van der Waals surface area contributed by atoms with Crippen molar-refractivity contribution in [3.63, 3.8) is 0 Å². The number of rotatable bonds is 5. The van der Waals surface area contributed by atoms with Gasteiger partial charge in [-0.25, -0.2) is 14.4 Å². The molecule has 0 amide bonds. The Hall–Kier alpha value is -2.83. The standard InChI is InChI=1S/C23H21FN4S/c24-19-8-4-7-18(11-19)23-26-21-9-10-27(15-22(21)29-23)14-20-12-25-16-28(20)13-17-5-2-1-3-6-17/h1-8,11-12,16H,9-10,13-15H2. The molecule has 2 aromatic carbocycles. The van der Waals surface area contributed by atoms with Gasteiger partial charge in [-0.3, -0.25) is 4.90 Å². The van der Waals surface area contributed by atoms with E-state index < -0.39 is 0 Å². The van der Waals surface area contributed by atoms with Crippen LogP contribution in [0.4, 0.5) is 4.39 Å². The van der Waals surface area contributed by atoms with E-state index in [9.17, 15) is 4.39 Å². The summed E-state index contributed by atoms with van der Waals surface area (Å²) in [6, 6.07) is 17.2. The zero-order chi connectivity index (χ0) is 19.6. The first-order chi connectivity index (χ1) is 14.2. The van der Waals surface area contributed by atoms with Gasteiger partial charge in [0.1, 0.15) is 10.8 Å². The lowest BCUT2D eigenvalue weighted by Crippen LogP contribution is -2.30. The smallest absolute Gasteiger partial charge is 0.124 e. The lowest BCUT2D eigenvalue weighted by Gasteiger charge is -2.26. The number of benzene rings is 2. The van der Waals surface area contributed by atoms with Crippen LogP contribution in [0.1, 0.15) is 21.8 Å². The molecule has 1 aliphatic heterocycles. The molecule has 4 nitrogen and oxygen atoms in total. The van der Waals surface area contributed by atoms with Gasteiger partial charge >= 0.3 is 0 Å². The summed E-state index contributed by atoms with van der Waals surface area (Å²) >= 11 is 1.68. The van der Waals surface area contributed by atoms with E-state index in [2.05, 4.69) is 38.7 Å². The van der Waals surface area contributed by atoms with Crippen LogP contribution in [0, 0.1) is 5.82 Å². The summed E-state index contributed by atoms with van der Waals surface area (Å²) in [5.74, 6) is -0.219. The molecular formula is C23H21FN4S. The molecule has 0 saturated carbocycles. The van der Waals surface area contributed by atoms with Crippen LogP contribution in [-0.2, 0) is 26.1 Å². The molecule has 1 aliphatic rings. The predicted molar refractivity (Wildman–Crippen MR) is 113 cm³/mol. The maximum Gasteiger partial charge on any atom is 0.124 e. The Kier molecular flexibility index (Phi) is 4.96. The Morgan fingerprint density at radius 3 is 2.79 bits per heavy atom. The zero-order valence-corrected chi connectivity index (χ0v) is 16.8. The van der Waals surface area contributed by atoms with E-state index in [0.717, 1.165) is 48.9 Å². The normalized spacial score (nSPS) is 14.1. The van der Waals surface area contributed by atoms with Crippen molar-refractivity contribution in [2.24, 2.45) is 0 Å². The van der Waals surface area contributed by atoms with Gasteiger partial charge in [-0.1, -0.05) is 42.5 Å². The first-order valence-corrected chi connectivity index (χ1v) is 10.6. The SMILES string of the molecule is Fc1cccc(-c2nc3c(s2)CN(Cc2cncn2Cc2ccccc2)CC3)c1. The van der Waals surface area contributed by atoms with Crippen LogP contribution in [0.2, 0.25) is 0 Å². The van der Waals surface area contributed by atoms with Crippen LogP contribution in [0.25, 0.3) is 10.6 Å². The first-order valence-electron chi connectivity index (χ1n) is 9.74. The molecule has 146 valence electrons. The number of hydrogen-bond acceptors (Lipinski definition) is 4. The second-order valence-electron chi connectivity index (χ2n) is 7.36. The summed E-state index contributed by atoms with van der Waals surface area (Å²) in [5, 5.41) is 0.908. The molecule has 0 radical (unpaired) electrons. The van der Waals surface area contributed by atoms with E-state index in [1.54, 1.807) is 23.5 Å². The molecule has 4 aromatic rings. The van der Waals surface area contributed by atoms with Crippen molar-refractivity contribution >= 4 is 11.3 Å². The fourth-order valence-corrected chi connectivity index (χ4v) is 4.91. The van der Waals surface area contributed by atoms with Crippen molar-refractivity contribution in [3.05, 3.63) is 94.8 Å². The van der Waals surface area contributed by atoms with E-state index in [-0.39, 0.29) is 5.82 Å². The maximum atomic E-state index is 13.6. The average molecular weight is 405 g/mol. The molecule has 0 spiro atoms. The minimum Gasteiger partial charge on any atom is -0.329 e. The first kappa shape index (κ1) is 18.2. The molecule has 0 aliphatic carbocycles. The monoisotopic (exact) mass is 404 g/mol. The maximum absolute atomic E-state index is 13.6. The van der Waals surface area contributed by atoms with Crippen LogP contribution >= 0.6 is 11.3 Å². The van der Waals surface area contributed by atoms with Gasteiger partial charge in [0.25, 0.3) is 0 Å². The number of thiazole rings is 1. The molecule has 6 heteroatoms. The molecule has 0 fully saturated rings. The van der Waals surface area contributed by atoms with Crippen LogP contribution < -0.4 is 0 Å².